The highest BCUT2D eigenvalue weighted by molar-refractivity contribution is 5.72. The maximum absolute atomic E-state index is 10.9. The molecule has 2 rings (SSSR count). The third-order valence-corrected chi connectivity index (χ3v) is 3.82. The van der Waals surface area contributed by atoms with Gasteiger partial charge in [-0.15, -0.1) is 0 Å². The predicted octanol–water partition coefficient (Wildman–Crippen LogP) is 2.58. The topological polar surface area (TPSA) is 52.6 Å². The molecule has 2 N–H and O–H groups in total. The van der Waals surface area contributed by atoms with Gasteiger partial charge in [-0.25, -0.2) is 0 Å². The Kier molecular flexibility index (Phi) is 7.46. The van der Waals surface area contributed by atoms with E-state index in [-0.39, 0.29) is 5.91 Å². The van der Waals surface area contributed by atoms with E-state index in [1.807, 2.05) is 36.4 Å². The fourth-order valence-electron chi connectivity index (χ4n) is 2.67. The third kappa shape index (κ3) is 6.94. The summed E-state index contributed by atoms with van der Waals surface area (Å²) in [6.45, 7) is 4.13. The maximum atomic E-state index is 10.9. The molecule has 1 amide bonds. The average Bonchev–Trinajstić information content (AvgIpc) is 2.56. The van der Waals surface area contributed by atoms with Gasteiger partial charge >= 0.3 is 0 Å². The molecule has 0 aliphatic carbocycles. The number of amides is 1. The molecule has 0 radical (unpaired) electrons. The molecular weight excluding hydrogens is 300 g/mol. The number of aliphatic hydroxyl groups is 1. The van der Waals surface area contributed by atoms with Crippen LogP contribution in [0.25, 0.3) is 0 Å². The number of nitrogens with one attached hydrogen (secondary N) is 1. The van der Waals surface area contributed by atoms with Gasteiger partial charge in [0.05, 0.1) is 6.10 Å². The summed E-state index contributed by atoms with van der Waals surface area (Å²) in [5.74, 6) is -0.0624. The van der Waals surface area contributed by atoms with Gasteiger partial charge in [-0.05, 0) is 17.5 Å². The fourth-order valence-corrected chi connectivity index (χ4v) is 2.67. The Hall–Kier alpha value is -2.17. The predicted molar refractivity (Wildman–Crippen MR) is 96.3 cm³/mol. The van der Waals surface area contributed by atoms with E-state index in [0.29, 0.717) is 19.5 Å². The molecular formula is C20H26N2O2. The maximum Gasteiger partial charge on any atom is 0.216 e. The molecule has 4 heteroatoms. The lowest BCUT2D eigenvalue weighted by atomic mass is 10.1. The second-order valence-corrected chi connectivity index (χ2v) is 6.07. The number of benzene rings is 2. The Morgan fingerprint density at radius 1 is 1.00 bits per heavy atom. The van der Waals surface area contributed by atoms with Crippen LogP contribution < -0.4 is 5.32 Å². The quantitative estimate of drug-likeness (QED) is 0.745. The Labute approximate surface area is 144 Å². The summed E-state index contributed by atoms with van der Waals surface area (Å²) < 4.78 is 0. The molecule has 0 aliphatic rings. The summed E-state index contributed by atoms with van der Waals surface area (Å²) in [4.78, 5) is 13.2. The highest BCUT2D eigenvalue weighted by Gasteiger charge is 2.13. The molecule has 0 heterocycles. The molecule has 4 nitrogen and oxygen atoms in total. The van der Waals surface area contributed by atoms with E-state index in [0.717, 1.165) is 13.1 Å². The number of nitrogens with zero attached hydrogens (tertiary/aromatic N) is 1. The molecule has 0 saturated carbocycles. The van der Waals surface area contributed by atoms with Gasteiger partial charge in [-0.1, -0.05) is 60.7 Å². The van der Waals surface area contributed by atoms with E-state index in [2.05, 4.69) is 34.5 Å². The van der Waals surface area contributed by atoms with Gasteiger partial charge in [-0.3, -0.25) is 9.69 Å². The molecule has 0 spiro atoms. The number of carbonyl (C=O) groups is 1. The molecule has 1 unspecified atom stereocenters. The van der Waals surface area contributed by atoms with Crippen LogP contribution in [-0.4, -0.2) is 35.1 Å². The van der Waals surface area contributed by atoms with Gasteiger partial charge in [0.2, 0.25) is 5.91 Å². The minimum Gasteiger partial charge on any atom is -0.392 e. The molecule has 2 aromatic rings. The van der Waals surface area contributed by atoms with Crippen LogP contribution in [0.4, 0.5) is 0 Å². The van der Waals surface area contributed by atoms with Crippen molar-refractivity contribution in [1.82, 2.24) is 10.2 Å². The third-order valence-electron chi connectivity index (χ3n) is 3.82. The number of hydrogen-bond acceptors (Lipinski definition) is 3. The zero-order valence-corrected chi connectivity index (χ0v) is 14.2. The lowest BCUT2D eigenvalue weighted by Gasteiger charge is -2.25. The Morgan fingerprint density at radius 2 is 1.50 bits per heavy atom. The van der Waals surface area contributed by atoms with Crippen molar-refractivity contribution in [2.45, 2.75) is 32.5 Å². The highest BCUT2D eigenvalue weighted by Crippen LogP contribution is 2.11. The van der Waals surface area contributed by atoms with Gasteiger partial charge < -0.3 is 10.4 Å². The monoisotopic (exact) mass is 326 g/mol. The summed E-state index contributed by atoms with van der Waals surface area (Å²) in [6, 6.07) is 20.5. The first-order valence-corrected chi connectivity index (χ1v) is 8.36. The van der Waals surface area contributed by atoms with Crippen molar-refractivity contribution < 1.29 is 9.90 Å². The first kappa shape index (κ1) is 18.2. The van der Waals surface area contributed by atoms with Gasteiger partial charge in [0.1, 0.15) is 0 Å². The number of carbonyl (C=O) groups excluding carboxylic acids is 1. The molecule has 24 heavy (non-hydrogen) atoms. The number of aliphatic hydroxyl groups excluding tert-OH is 1. The van der Waals surface area contributed by atoms with E-state index >= 15 is 0 Å². The van der Waals surface area contributed by atoms with Crippen LogP contribution in [0.5, 0.6) is 0 Å². The van der Waals surface area contributed by atoms with Crippen molar-refractivity contribution in [1.29, 1.82) is 0 Å². The van der Waals surface area contributed by atoms with Crippen molar-refractivity contribution in [2.75, 3.05) is 13.1 Å². The zero-order valence-electron chi connectivity index (χ0n) is 14.2. The van der Waals surface area contributed by atoms with E-state index in [1.165, 1.54) is 18.1 Å². The van der Waals surface area contributed by atoms with Crippen molar-refractivity contribution in [3.05, 3.63) is 71.8 Å². The van der Waals surface area contributed by atoms with Crippen LogP contribution in [0.2, 0.25) is 0 Å². The Morgan fingerprint density at radius 3 is 1.96 bits per heavy atom. The van der Waals surface area contributed by atoms with E-state index < -0.39 is 6.10 Å². The first-order chi connectivity index (χ1) is 11.6. The SMILES string of the molecule is CC(=O)NCCC(O)CN(Cc1ccccc1)Cc1ccccc1. The van der Waals surface area contributed by atoms with E-state index in [4.69, 9.17) is 0 Å². The molecule has 1 atom stereocenters. The van der Waals surface area contributed by atoms with Gasteiger partial charge in [0.25, 0.3) is 0 Å². The van der Waals surface area contributed by atoms with Crippen LogP contribution in [0, 0.1) is 0 Å². The van der Waals surface area contributed by atoms with Gasteiger partial charge in [0.15, 0.2) is 0 Å². The molecule has 0 fully saturated rings. The van der Waals surface area contributed by atoms with Crippen LogP contribution in [0.15, 0.2) is 60.7 Å². The summed E-state index contributed by atoms with van der Waals surface area (Å²) in [7, 11) is 0. The fraction of sp³-hybridized carbons (Fsp3) is 0.350. The normalized spacial score (nSPS) is 12.1. The van der Waals surface area contributed by atoms with Crippen molar-refractivity contribution in [2.24, 2.45) is 0 Å². The summed E-state index contributed by atoms with van der Waals surface area (Å²) in [5, 5.41) is 13.0. The van der Waals surface area contributed by atoms with Crippen LogP contribution >= 0.6 is 0 Å². The second-order valence-electron chi connectivity index (χ2n) is 6.07. The van der Waals surface area contributed by atoms with Gasteiger partial charge in [0, 0.05) is 33.1 Å². The minimum atomic E-state index is -0.468. The lowest BCUT2D eigenvalue weighted by molar-refractivity contribution is -0.119. The molecule has 2 aromatic carbocycles. The molecule has 0 saturated heterocycles. The molecule has 0 aromatic heterocycles. The summed E-state index contributed by atoms with van der Waals surface area (Å²) in [6.07, 6.45) is 0.0870. The van der Waals surface area contributed by atoms with Crippen molar-refractivity contribution >= 4 is 5.91 Å². The van der Waals surface area contributed by atoms with Crippen LogP contribution in [0.1, 0.15) is 24.5 Å². The largest absolute Gasteiger partial charge is 0.392 e. The molecule has 0 aliphatic heterocycles. The average molecular weight is 326 g/mol. The van der Waals surface area contributed by atoms with Crippen LogP contribution in [0.3, 0.4) is 0 Å². The minimum absolute atomic E-state index is 0.0624. The Bertz CT molecular complexity index is 560. The second kappa shape index (κ2) is 9.85. The Balaban J connectivity index is 1.95. The lowest BCUT2D eigenvalue weighted by Crippen LogP contribution is -2.34. The number of hydrogen-bond donors (Lipinski definition) is 2. The van der Waals surface area contributed by atoms with Crippen molar-refractivity contribution in [3.63, 3.8) is 0 Å². The first-order valence-electron chi connectivity index (χ1n) is 8.36. The van der Waals surface area contributed by atoms with E-state index in [9.17, 15) is 9.90 Å². The van der Waals surface area contributed by atoms with Crippen molar-refractivity contribution in [3.8, 4) is 0 Å². The van der Waals surface area contributed by atoms with Gasteiger partial charge in [-0.2, -0.15) is 0 Å². The summed E-state index contributed by atoms with van der Waals surface area (Å²) >= 11 is 0. The zero-order chi connectivity index (χ0) is 17.2. The highest BCUT2D eigenvalue weighted by atomic mass is 16.3. The molecule has 128 valence electrons. The standard InChI is InChI=1S/C20H26N2O2/c1-17(23)21-13-12-20(24)16-22(14-18-8-4-2-5-9-18)15-19-10-6-3-7-11-19/h2-11,20,24H,12-16H2,1H3,(H,21,23). The molecule has 0 bridgehead atoms. The smallest absolute Gasteiger partial charge is 0.216 e. The summed E-state index contributed by atoms with van der Waals surface area (Å²) in [5.41, 5.74) is 2.45. The van der Waals surface area contributed by atoms with Crippen LogP contribution in [-0.2, 0) is 17.9 Å². The number of rotatable bonds is 9. The van der Waals surface area contributed by atoms with E-state index in [1.54, 1.807) is 0 Å².